The van der Waals surface area contributed by atoms with E-state index in [1.54, 1.807) is 11.8 Å². The van der Waals surface area contributed by atoms with E-state index in [1.807, 2.05) is 24.3 Å². The predicted molar refractivity (Wildman–Crippen MR) is 77.9 cm³/mol. The fraction of sp³-hybridized carbons (Fsp3) is 0.500. The highest BCUT2D eigenvalue weighted by atomic mass is 16.5. The summed E-state index contributed by atoms with van der Waals surface area (Å²) in [5.74, 6) is 0.702. The van der Waals surface area contributed by atoms with Gasteiger partial charge in [0.25, 0.3) is 0 Å². The molecule has 6 nitrogen and oxygen atoms in total. The molecule has 0 aliphatic rings. The highest BCUT2D eigenvalue weighted by molar-refractivity contribution is 5.70. The second-order valence-corrected chi connectivity index (χ2v) is 5.65. The number of aromatic nitrogens is 4. The van der Waals surface area contributed by atoms with Gasteiger partial charge in [0.2, 0.25) is 0 Å². The maximum absolute atomic E-state index is 6.00. The van der Waals surface area contributed by atoms with Crippen molar-refractivity contribution in [2.45, 2.75) is 26.8 Å². The summed E-state index contributed by atoms with van der Waals surface area (Å²) in [7, 11) is 1.71. The van der Waals surface area contributed by atoms with Crippen LogP contribution in [0.1, 0.15) is 20.3 Å². The second kappa shape index (κ2) is 6.00. The average molecular weight is 275 g/mol. The van der Waals surface area contributed by atoms with Gasteiger partial charge in [-0.1, -0.05) is 26.0 Å². The lowest BCUT2D eigenvalue weighted by Crippen LogP contribution is -2.23. The molecule has 20 heavy (non-hydrogen) atoms. The first-order chi connectivity index (χ1) is 9.53. The molecule has 0 aliphatic heterocycles. The van der Waals surface area contributed by atoms with Gasteiger partial charge in [0.05, 0.1) is 6.54 Å². The van der Waals surface area contributed by atoms with Crippen LogP contribution in [0.15, 0.2) is 24.3 Å². The zero-order valence-corrected chi connectivity index (χ0v) is 12.2. The molecule has 0 aliphatic carbocycles. The molecule has 0 unspecified atom stereocenters. The van der Waals surface area contributed by atoms with Crippen molar-refractivity contribution >= 4 is 5.69 Å². The Balaban J connectivity index is 2.23. The number of hydrogen-bond donors (Lipinski definition) is 1. The van der Waals surface area contributed by atoms with Crippen LogP contribution in [0.25, 0.3) is 11.4 Å². The summed E-state index contributed by atoms with van der Waals surface area (Å²) in [6.07, 6.45) is 0.938. The number of nitrogens with zero attached hydrogens (tertiary/aromatic N) is 4. The first-order valence-electron chi connectivity index (χ1n) is 6.63. The lowest BCUT2D eigenvalue weighted by atomic mass is 9.89. The van der Waals surface area contributed by atoms with Crippen molar-refractivity contribution in [1.82, 2.24) is 20.2 Å². The molecule has 0 fully saturated rings. The first-order valence-corrected chi connectivity index (χ1v) is 6.63. The van der Waals surface area contributed by atoms with Crippen LogP contribution in [0.2, 0.25) is 0 Å². The van der Waals surface area contributed by atoms with E-state index < -0.39 is 0 Å². The van der Waals surface area contributed by atoms with Gasteiger partial charge in [0.15, 0.2) is 5.82 Å². The van der Waals surface area contributed by atoms with E-state index in [2.05, 4.69) is 29.4 Å². The van der Waals surface area contributed by atoms with Crippen LogP contribution >= 0.6 is 0 Å². The minimum absolute atomic E-state index is 0.0453. The average Bonchev–Trinajstić information content (AvgIpc) is 2.84. The number of anilines is 1. The van der Waals surface area contributed by atoms with E-state index in [-0.39, 0.29) is 5.41 Å². The zero-order valence-electron chi connectivity index (χ0n) is 12.2. The lowest BCUT2D eigenvalue weighted by Gasteiger charge is -2.24. The van der Waals surface area contributed by atoms with Gasteiger partial charge in [0.1, 0.15) is 0 Å². The van der Waals surface area contributed by atoms with E-state index in [1.165, 1.54) is 0 Å². The van der Waals surface area contributed by atoms with Crippen molar-refractivity contribution < 1.29 is 4.74 Å². The van der Waals surface area contributed by atoms with E-state index >= 15 is 0 Å². The Morgan fingerprint density at radius 2 is 2.05 bits per heavy atom. The summed E-state index contributed by atoms with van der Waals surface area (Å²) < 4.78 is 6.96. The quantitative estimate of drug-likeness (QED) is 0.815. The van der Waals surface area contributed by atoms with Gasteiger partial charge in [-0.25, -0.2) is 4.68 Å². The van der Waals surface area contributed by atoms with Gasteiger partial charge >= 0.3 is 0 Å². The molecule has 1 heterocycles. The van der Waals surface area contributed by atoms with Crippen LogP contribution < -0.4 is 5.73 Å². The molecule has 2 rings (SSSR count). The molecule has 1 aromatic carbocycles. The van der Waals surface area contributed by atoms with Crippen molar-refractivity contribution in [2.24, 2.45) is 5.41 Å². The van der Waals surface area contributed by atoms with Gasteiger partial charge in [0, 0.05) is 25.0 Å². The third-order valence-electron chi connectivity index (χ3n) is 3.29. The maximum atomic E-state index is 6.00. The van der Waals surface area contributed by atoms with E-state index in [4.69, 9.17) is 10.5 Å². The minimum Gasteiger partial charge on any atom is -0.398 e. The summed E-state index contributed by atoms with van der Waals surface area (Å²) in [5.41, 5.74) is 7.58. The van der Waals surface area contributed by atoms with E-state index in [0.29, 0.717) is 18.1 Å². The van der Waals surface area contributed by atoms with Gasteiger partial charge in [-0.3, -0.25) is 0 Å². The Morgan fingerprint density at radius 3 is 2.75 bits per heavy atom. The molecule has 2 N–H and O–H groups in total. The fourth-order valence-electron chi connectivity index (χ4n) is 2.07. The predicted octanol–water partition coefficient (Wildman–Crippen LogP) is 1.98. The second-order valence-electron chi connectivity index (χ2n) is 5.65. The number of tetrazole rings is 1. The maximum Gasteiger partial charge on any atom is 0.184 e. The highest BCUT2D eigenvalue weighted by Crippen LogP contribution is 2.27. The number of methoxy groups -OCH3 is 1. The molecule has 6 heteroatoms. The fourth-order valence-corrected chi connectivity index (χ4v) is 2.07. The number of nitrogens with two attached hydrogens (primary N) is 1. The molecule has 108 valence electrons. The SMILES string of the molecule is COCCC(C)(C)Cn1nnnc1-c1ccccc1N. The largest absolute Gasteiger partial charge is 0.398 e. The molecule has 0 saturated heterocycles. The number of para-hydroxylation sites is 1. The normalized spacial score (nSPS) is 11.8. The number of ether oxygens (including phenoxy) is 1. The Labute approximate surface area is 118 Å². The van der Waals surface area contributed by atoms with Gasteiger partial charge in [-0.15, -0.1) is 5.10 Å². The number of benzene rings is 1. The molecule has 0 saturated carbocycles. The molecule has 0 radical (unpaired) electrons. The highest BCUT2D eigenvalue weighted by Gasteiger charge is 2.22. The molecule has 0 atom stereocenters. The topological polar surface area (TPSA) is 78.8 Å². The van der Waals surface area contributed by atoms with Gasteiger partial charge in [-0.05, 0) is 34.4 Å². The number of rotatable bonds is 6. The summed E-state index contributed by atoms with van der Waals surface area (Å²) in [5, 5.41) is 12.0. The van der Waals surface area contributed by atoms with Crippen molar-refractivity contribution in [2.75, 3.05) is 19.5 Å². The Morgan fingerprint density at radius 1 is 1.30 bits per heavy atom. The third kappa shape index (κ3) is 3.33. The summed E-state index contributed by atoms with van der Waals surface area (Å²) in [4.78, 5) is 0. The van der Waals surface area contributed by atoms with Gasteiger partial charge in [-0.2, -0.15) is 0 Å². The molecular formula is C14H21N5O. The minimum atomic E-state index is 0.0453. The van der Waals surface area contributed by atoms with Crippen molar-refractivity contribution in [3.63, 3.8) is 0 Å². The van der Waals surface area contributed by atoms with E-state index in [9.17, 15) is 0 Å². The zero-order chi connectivity index (χ0) is 14.6. The van der Waals surface area contributed by atoms with Crippen LogP contribution in [-0.4, -0.2) is 33.9 Å². The number of hydrogen-bond acceptors (Lipinski definition) is 5. The van der Waals surface area contributed by atoms with E-state index in [0.717, 1.165) is 18.6 Å². The Hall–Kier alpha value is -1.95. The standard InChI is InChI=1S/C14H21N5O/c1-14(2,8-9-20-3)10-19-13(16-17-18-19)11-6-4-5-7-12(11)15/h4-7H,8-10,15H2,1-3H3. The molecule has 0 amide bonds. The summed E-state index contributed by atoms with van der Waals surface area (Å²) in [6, 6.07) is 7.61. The summed E-state index contributed by atoms with van der Waals surface area (Å²) in [6.45, 7) is 5.78. The molecular weight excluding hydrogens is 254 g/mol. The molecule has 2 aromatic rings. The Kier molecular flexibility index (Phi) is 4.34. The first kappa shape index (κ1) is 14.5. The molecule has 0 bridgehead atoms. The van der Waals surface area contributed by atoms with Gasteiger partial charge < -0.3 is 10.5 Å². The van der Waals surface area contributed by atoms with Crippen molar-refractivity contribution in [1.29, 1.82) is 0 Å². The van der Waals surface area contributed by atoms with Crippen LogP contribution in [-0.2, 0) is 11.3 Å². The number of nitrogen functional groups attached to an aromatic ring is 1. The Bertz CT molecular complexity index is 564. The lowest BCUT2D eigenvalue weighted by molar-refractivity contribution is 0.140. The van der Waals surface area contributed by atoms with Crippen LogP contribution in [0.5, 0.6) is 0 Å². The smallest absolute Gasteiger partial charge is 0.184 e. The monoisotopic (exact) mass is 275 g/mol. The van der Waals surface area contributed by atoms with Crippen LogP contribution in [0.4, 0.5) is 5.69 Å². The molecule has 1 aromatic heterocycles. The summed E-state index contributed by atoms with van der Waals surface area (Å²) >= 11 is 0. The molecule has 0 spiro atoms. The third-order valence-corrected chi connectivity index (χ3v) is 3.29. The van der Waals surface area contributed by atoms with Crippen LogP contribution in [0, 0.1) is 5.41 Å². The van der Waals surface area contributed by atoms with Crippen molar-refractivity contribution in [3.8, 4) is 11.4 Å². The van der Waals surface area contributed by atoms with Crippen LogP contribution in [0.3, 0.4) is 0 Å². The van der Waals surface area contributed by atoms with Crippen molar-refractivity contribution in [3.05, 3.63) is 24.3 Å².